The normalized spacial score (nSPS) is 10.9. The number of hydrogen-bond acceptors (Lipinski definition) is 7. The molecule has 3 heterocycles. The van der Waals surface area contributed by atoms with Crippen molar-refractivity contribution in [2.45, 2.75) is 15.7 Å². The highest BCUT2D eigenvalue weighted by Gasteiger charge is 2.11. The first-order valence-electron chi connectivity index (χ1n) is 7.44. The number of amides is 1. The molecule has 0 bridgehead atoms. The summed E-state index contributed by atoms with van der Waals surface area (Å²) in [7, 11) is 0. The molecular weight excluding hydrogens is 372 g/mol. The van der Waals surface area contributed by atoms with E-state index in [1.165, 1.54) is 23.1 Å². The van der Waals surface area contributed by atoms with Crippen molar-refractivity contribution < 1.29 is 4.79 Å². The number of fused-ring (bicyclic) bond motifs is 1. The minimum Gasteiger partial charge on any atom is -0.300 e. The van der Waals surface area contributed by atoms with E-state index in [2.05, 4.69) is 20.5 Å². The first-order valence-corrected chi connectivity index (χ1v) is 10.0. The van der Waals surface area contributed by atoms with Crippen molar-refractivity contribution in [3.8, 4) is 0 Å². The molecule has 0 atom stereocenters. The van der Waals surface area contributed by atoms with Crippen LogP contribution in [0.1, 0.15) is 5.56 Å². The van der Waals surface area contributed by atoms with Gasteiger partial charge in [-0.3, -0.25) is 9.78 Å². The number of carbonyl (C=O) groups is 1. The number of para-hydroxylation sites is 1. The smallest absolute Gasteiger partial charge is 0.230 e. The van der Waals surface area contributed by atoms with Crippen LogP contribution in [-0.4, -0.2) is 21.1 Å². The predicted octanol–water partition coefficient (Wildman–Crippen LogP) is 4.48. The lowest BCUT2D eigenvalue weighted by Gasteiger charge is -2.02. The van der Waals surface area contributed by atoms with Crippen molar-refractivity contribution in [3.05, 3.63) is 58.9 Å². The van der Waals surface area contributed by atoms with E-state index in [1.807, 2.05) is 47.2 Å². The second-order valence-corrected chi connectivity index (χ2v) is 8.20. The van der Waals surface area contributed by atoms with Crippen LogP contribution in [0.3, 0.4) is 0 Å². The van der Waals surface area contributed by atoms with Crippen molar-refractivity contribution in [2.75, 3.05) is 5.32 Å². The molecule has 1 aromatic carbocycles. The van der Waals surface area contributed by atoms with Gasteiger partial charge in [0.05, 0.1) is 11.9 Å². The van der Waals surface area contributed by atoms with Crippen molar-refractivity contribution in [2.24, 2.45) is 0 Å². The number of pyridine rings is 1. The van der Waals surface area contributed by atoms with Crippen LogP contribution in [0.5, 0.6) is 0 Å². The molecule has 1 N–H and O–H groups in total. The second-order valence-electron chi connectivity index (χ2n) is 5.16. The van der Waals surface area contributed by atoms with Gasteiger partial charge in [-0.2, -0.15) is 11.3 Å². The number of rotatable bonds is 5. The average Bonchev–Trinajstić information content (AvgIpc) is 3.27. The molecule has 0 aliphatic rings. The summed E-state index contributed by atoms with van der Waals surface area (Å²) in [6, 6.07) is 11.9. The molecule has 0 saturated carbocycles. The zero-order valence-electron chi connectivity index (χ0n) is 12.9. The lowest BCUT2D eigenvalue weighted by Crippen LogP contribution is -2.13. The molecule has 25 heavy (non-hydrogen) atoms. The minimum atomic E-state index is -0.0829. The Hall–Kier alpha value is -2.29. The van der Waals surface area contributed by atoms with Crippen LogP contribution in [0.15, 0.2) is 62.6 Å². The van der Waals surface area contributed by atoms with E-state index in [4.69, 9.17) is 0 Å². The summed E-state index contributed by atoms with van der Waals surface area (Å²) < 4.78 is 0.780. The number of carbonyl (C=O) groups excluding carboxylic acids is 1. The van der Waals surface area contributed by atoms with Gasteiger partial charge in [0, 0.05) is 16.5 Å². The van der Waals surface area contributed by atoms with Crippen LogP contribution in [0.2, 0.25) is 0 Å². The Balaban J connectivity index is 1.47. The predicted molar refractivity (Wildman–Crippen MR) is 102 cm³/mol. The Bertz CT molecular complexity index is 1010. The lowest BCUT2D eigenvalue weighted by atomic mass is 10.2. The highest BCUT2D eigenvalue weighted by Crippen LogP contribution is 2.35. The number of nitrogens with one attached hydrogen (secondary N) is 1. The SMILES string of the molecule is O=C(Cc1ccsc1)Nc1nnc(Sc2ccnc3ccccc23)s1. The summed E-state index contributed by atoms with van der Waals surface area (Å²) in [5, 5.41) is 16.6. The van der Waals surface area contributed by atoms with Crippen molar-refractivity contribution in [3.63, 3.8) is 0 Å². The van der Waals surface area contributed by atoms with E-state index in [1.54, 1.807) is 17.5 Å². The maximum absolute atomic E-state index is 12.0. The molecule has 0 aliphatic carbocycles. The van der Waals surface area contributed by atoms with Gasteiger partial charge in [0.25, 0.3) is 0 Å². The van der Waals surface area contributed by atoms with E-state index in [-0.39, 0.29) is 5.91 Å². The minimum absolute atomic E-state index is 0.0829. The Morgan fingerprint density at radius 3 is 2.96 bits per heavy atom. The zero-order chi connectivity index (χ0) is 17.1. The van der Waals surface area contributed by atoms with Crippen molar-refractivity contribution in [1.29, 1.82) is 0 Å². The third kappa shape index (κ3) is 3.87. The molecule has 4 rings (SSSR count). The third-order valence-electron chi connectivity index (χ3n) is 3.40. The Morgan fingerprint density at radius 1 is 1.16 bits per heavy atom. The van der Waals surface area contributed by atoms with Crippen LogP contribution in [-0.2, 0) is 11.2 Å². The molecule has 0 radical (unpaired) electrons. The van der Waals surface area contributed by atoms with E-state index in [0.29, 0.717) is 11.6 Å². The van der Waals surface area contributed by atoms with Crippen LogP contribution >= 0.6 is 34.4 Å². The summed E-state index contributed by atoms with van der Waals surface area (Å²) in [6.45, 7) is 0. The fourth-order valence-corrected chi connectivity index (χ4v) is 4.81. The topological polar surface area (TPSA) is 67.8 Å². The summed E-state index contributed by atoms with van der Waals surface area (Å²) in [5.41, 5.74) is 1.95. The molecular formula is C17H12N4OS3. The molecule has 124 valence electrons. The fraction of sp³-hybridized carbons (Fsp3) is 0.0588. The average molecular weight is 385 g/mol. The molecule has 0 unspecified atom stereocenters. The molecule has 4 aromatic rings. The van der Waals surface area contributed by atoms with Gasteiger partial charge in [0.1, 0.15) is 0 Å². The number of aromatic nitrogens is 3. The van der Waals surface area contributed by atoms with E-state index >= 15 is 0 Å². The Kier molecular flexibility index (Phi) is 4.73. The second kappa shape index (κ2) is 7.30. The maximum Gasteiger partial charge on any atom is 0.230 e. The summed E-state index contributed by atoms with van der Waals surface area (Å²) in [4.78, 5) is 17.5. The molecule has 0 fully saturated rings. The monoisotopic (exact) mass is 384 g/mol. The van der Waals surface area contributed by atoms with Gasteiger partial charge in [-0.05, 0) is 34.5 Å². The fourth-order valence-electron chi connectivity index (χ4n) is 2.30. The van der Waals surface area contributed by atoms with E-state index in [9.17, 15) is 4.79 Å². The third-order valence-corrected chi connectivity index (χ3v) is 6.10. The van der Waals surface area contributed by atoms with Crippen LogP contribution in [0.4, 0.5) is 5.13 Å². The highest BCUT2D eigenvalue weighted by atomic mass is 32.2. The standard InChI is InChI=1S/C17H12N4OS3/c22-15(9-11-6-8-23-10-11)19-16-20-21-17(25-16)24-14-5-7-18-13-4-2-1-3-12(13)14/h1-8,10H,9H2,(H,19,20,22). The molecule has 8 heteroatoms. The van der Waals surface area contributed by atoms with Crippen LogP contribution in [0.25, 0.3) is 10.9 Å². The molecule has 0 aliphatic heterocycles. The number of thiophene rings is 1. The first kappa shape index (κ1) is 16.2. The molecule has 3 aromatic heterocycles. The number of nitrogens with zero attached hydrogens (tertiary/aromatic N) is 3. The van der Waals surface area contributed by atoms with E-state index < -0.39 is 0 Å². The summed E-state index contributed by atoms with van der Waals surface area (Å²) in [5.74, 6) is -0.0829. The molecule has 5 nitrogen and oxygen atoms in total. The lowest BCUT2D eigenvalue weighted by molar-refractivity contribution is -0.115. The summed E-state index contributed by atoms with van der Waals surface area (Å²) >= 11 is 4.47. The largest absolute Gasteiger partial charge is 0.300 e. The van der Waals surface area contributed by atoms with Gasteiger partial charge in [-0.25, -0.2) is 0 Å². The van der Waals surface area contributed by atoms with Crippen LogP contribution in [0, 0.1) is 0 Å². The quantitative estimate of drug-likeness (QED) is 0.514. The molecule has 1 amide bonds. The highest BCUT2D eigenvalue weighted by molar-refractivity contribution is 8.01. The first-order chi connectivity index (χ1) is 12.3. The van der Waals surface area contributed by atoms with Crippen molar-refractivity contribution in [1.82, 2.24) is 15.2 Å². The Labute approximate surface area is 156 Å². The number of benzene rings is 1. The van der Waals surface area contributed by atoms with Crippen molar-refractivity contribution >= 4 is 56.4 Å². The van der Waals surface area contributed by atoms with Gasteiger partial charge in [0.15, 0.2) is 4.34 Å². The Morgan fingerprint density at radius 2 is 2.08 bits per heavy atom. The van der Waals surface area contributed by atoms with Gasteiger partial charge in [0.2, 0.25) is 11.0 Å². The zero-order valence-corrected chi connectivity index (χ0v) is 15.3. The van der Waals surface area contributed by atoms with Gasteiger partial charge >= 0.3 is 0 Å². The maximum atomic E-state index is 12.0. The van der Waals surface area contributed by atoms with Gasteiger partial charge in [-0.1, -0.05) is 41.3 Å². The molecule has 0 saturated heterocycles. The molecule has 0 spiro atoms. The van der Waals surface area contributed by atoms with E-state index in [0.717, 1.165) is 25.7 Å². The van der Waals surface area contributed by atoms with Crippen LogP contribution < -0.4 is 5.32 Å². The number of anilines is 1. The number of hydrogen-bond donors (Lipinski definition) is 1. The summed E-state index contributed by atoms with van der Waals surface area (Å²) in [6.07, 6.45) is 2.13. The van der Waals surface area contributed by atoms with Gasteiger partial charge < -0.3 is 5.32 Å². The van der Waals surface area contributed by atoms with Gasteiger partial charge in [-0.15, -0.1) is 10.2 Å².